The molecule has 0 spiro atoms. The summed E-state index contributed by atoms with van der Waals surface area (Å²) in [5.74, 6) is 1.37. The molecule has 2 saturated heterocycles. The lowest BCUT2D eigenvalue weighted by Gasteiger charge is -2.42. The van der Waals surface area contributed by atoms with Gasteiger partial charge >= 0.3 is 0 Å². The molecule has 3 N–H and O–H groups in total. The van der Waals surface area contributed by atoms with Gasteiger partial charge in [-0.25, -0.2) is 0 Å². The van der Waals surface area contributed by atoms with Crippen molar-refractivity contribution >= 4 is 16.1 Å². The van der Waals surface area contributed by atoms with E-state index in [0.29, 0.717) is 44.1 Å². The number of carbonyl (C=O) groups is 1. The molecule has 0 aromatic carbocycles. The summed E-state index contributed by atoms with van der Waals surface area (Å²) in [6.45, 7) is 5.35. The Morgan fingerprint density at radius 1 is 1.30 bits per heavy atom. The molecule has 1 aromatic rings. The van der Waals surface area contributed by atoms with Crippen LogP contribution in [-0.4, -0.2) is 65.3 Å². The zero-order valence-electron chi connectivity index (χ0n) is 17.6. The fraction of sp³-hybridized carbons (Fsp3) is 0.800. The molecule has 30 heavy (non-hydrogen) atoms. The zero-order valence-corrected chi connectivity index (χ0v) is 18.4. The lowest BCUT2D eigenvalue weighted by molar-refractivity contribution is 0.0903. The summed E-state index contributed by atoms with van der Waals surface area (Å²) in [6, 6.07) is 1.45. The van der Waals surface area contributed by atoms with Crippen molar-refractivity contribution in [2.24, 2.45) is 17.6 Å². The molecule has 1 aromatic heterocycles. The van der Waals surface area contributed by atoms with Crippen LogP contribution in [0, 0.1) is 11.8 Å². The molecule has 0 bridgehead atoms. The van der Waals surface area contributed by atoms with Crippen molar-refractivity contribution in [3.05, 3.63) is 17.5 Å². The van der Waals surface area contributed by atoms with Crippen LogP contribution in [0.5, 0.6) is 0 Å². The van der Waals surface area contributed by atoms with Crippen LogP contribution in [0.4, 0.5) is 0 Å². The average molecular weight is 438 g/mol. The van der Waals surface area contributed by atoms with Crippen molar-refractivity contribution < 1.29 is 17.7 Å². The highest BCUT2D eigenvalue weighted by Gasteiger charge is 2.59. The summed E-state index contributed by atoms with van der Waals surface area (Å²) in [4.78, 5) is 12.5. The van der Waals surface area contributed by atoms with Crippen LogP contribution in [0.1, 0.15) is 68.1 Å². The van der Waals surface area contributed by atoms with Crippen molar-refractivity contribution in [3.63, 3.8) is 0 Å². The van der Waals surface area contributed by atoms with Gasteiger partial charge in [0.05, 0.1) is 0 Å². The minimum absolute atomic E-state index is 0.0829. The van der Waals surface area contributed by atoms with Gasteiger partial charge in [0.1, 0.15) is 5.76 Å². The molecule has 2 aliphatic carbocycles. The number of nitrogens with zero attached hydrogens (tertiary/aromatic N) is 3. The van der Waals surface area contributed by atoms with Crippen molar-refractivity contribution in [2.75, 3.05) is 19.6 Å². The number of nitrogens with two attached hydrogens (primary N) is 1. The molecule has 2 saturated carbocycles. The number of fused-ring (bicyclic) bond motifs is 1. The number of rotatable bonds is 5. The van der Waals surface area contributed by atoms with Gasteiger partial charge in [0, 0.05) is 49.2 Å². The highest BCUT2D eigenvalue weighted by atomic mass is 32.2. The van der Waals surface area contributed by atoms with E-state index in [9.17, 15) is 13.2 Å². The van der Waals surface area contributed by atoms with Crippen LogP contribution in [0.3, 0.4) is 0 Å². The highest BCUT2D eigenvalue weighted by Crippen LogP contribution is 2.51. The van der Waals surface area contributed by atoms with Gasteiger partial charge in [-0.3, -0.25) is 4.79 Å². The first-order chi connectivity index (χ1) is 14.2. The number of piperidine rings is 2. The van der Waals surface area contributed by atoms with Crippen LogP contribution in [0.2, 0.25) is 0 Å². The largest absolute Gasteiger partial charge is 0.360 e. The standard InChI is InChI=1S/C20H31N5O4S/c1-12-10-24(11-15-9-20(12,15)21)30(27,28)25-6-5-16(7-13(25)2)22-19(26)17-8-18(29-23-17)14-3-4-14/h8,12-16H,3-7,9-11,21H2,1-2H3,(H,22,26)/t12-,13-,15+,16-,20-/m0/s1. The molecule has 4 fully saturated rings. The molecule has 0 radical (unpaired) electrons. The predicted molar refractivity (Wildman–Crippen MR) is 110 cm³/mol. The second-order valence-electron chi connectivity index (χ2n) is 9.78. The Labute approximate surface area is 177 Å². The van der Waals surface area contributed by atoms with Gasteiger partial charge in [0.2, 0.25) is 0 Å². The molecule has 0 unspecified atom stereocenters. The summed E-state index contributed by atoms with van der Waals surface area (Å²) >= 11 is 0. The first-order valence-corrected chi connectivity index (χ1v) is 12.4. The lowest BCUT2D eigenvalue weighted by atomic mass is 9.95. The quantitative estimate of drug-likeness (QED) is 0.710. The number of amides is 1. The van der Waals surface area contributed by atoms with E-state index >= 15 is 0 Å². The molecule has 5 rings (SSSR count). The van der Waals surface area contributed by atoms with Gasteiger partial charge in [-0.15, -0.1) is 0 Å². The summed E-state index contributed by atoms with van der Waals surface area (Å²) in [7, 11) is -3.53. The van der Waals surface area contributed by atoms with Crippen LogP contribution in [0.15, 0.2) is 10.6 Å². The van der Waals surface area contributed by atoms with Gasteiger partial charge in [-0.2, -0.15) is 17.0 Å². The fourth-order valence-corrected chi connectivity index (χ4v) is 7.13. The van der Waals surface area contributed by atoms with Crippen LogP contribution < -0.4 is 11.1 Å². The predicted octanol–water partition coefficient (Wildman–Crippen LogP) is 1.05. The van der Waals surface area contributed by atoms with E-state index in [0.717, 1.165) is 25.0 Å². The Hall–Kier alpha value is -1.49. The summed E-state index contributed by atoms with van der Waals surface area (Å²) in [5.41, 5.74) is 6.48. The third-order valence-corrected chi connectivity index (χ3v) is 9.62. The smallest absolute Gasteiger partial charge is 0.282 e. The zero-order chi connectivity index (χ0) is 21.3. The van der Waals surface area contributed by atoms with Gasteiger partial charge in [0.15, 0.2) is 5.69 Å². The van der Waals surface area contributed by atoms with E-state index in [4.69, 9.17) is 10.3 Å². The summed E-state index contributed by atoms with van der Waals surface area (Å²) < 4.78 is 35.1. The molecular formula is C20H31N5O4S. The molecule has 1 amide bonds. The first-order valence-electron chi connectivity index (χ1n) is 11.0. The SMILES string of the molecule is C[C@H]1C[C@@H](NC(=O)c2cc(C3CC3)on2)CCN1S(=O)(=O)N1C[C@H]2C[C@]2(N)[C@@H](C)C1. The minimum Gasteiger partial charge on any atom is -0.360 e. The molecule has 166 valence electrons. The van der Waals surface area contributed by atoms with Gasteiger partial charge in [-0.1, -0.05) is 12.1 Å². The Morgan fingerprint density at radius 2 is 2.07 bits per heavy atom. The summed E-state index contributed by atoms with van der Waals surface area (Å²) in [5, 5.41) is 6.89. The maximum Gasteiger partial charge on any atom is 0.282 e. The van der Waals surface area contributed by atoms with E-state index in [2.05, 4.69) is 10.5 Å². The minimum atomic E-state index is -3.53. The second kappa shape index (κ2) is 7.01. The Morgan fingerprint density at radius 3 is 2.73 bits per heavy atom. The second-order valence-corrected chi connectivity index (χ2v) is 11.7. The number of nitrogens with one attached hydrogen (secondary N) is 1. The molecule has 9 nitrogen and oxygen atoms in total. The third-order valence-electron chi connectivity index (χ3n) is 7.53. The van der Waals surface area contributed by atoms with E-state index in [1.54, 1.807) is 14.7 Å². The molecule has 10 heteroatoms. The molecule has 4 aliphatic rings. The molecule has 5 atom stereocenters. The first kappa shape index (κ1) is 20.4. The summed E-state index contributed by atoms with van der Waals surface area (Å²) in [6.07, 6.45) is 4.24. The van der Waals surface area contributed by atoms with Crippen LogP contribution in [-0.2, 0) is 10.2 Å². The normalized spacial score (nSPS) is 37.6. The van der Waals surface area contributed by atoms with E-state index in [1.165, 1.54) is 0 Å². The third kappa shape index (κ3) is 3.47. The van der Waals surface area contributed by atoms with Crippen molar-refractivity contribution in [2.45, 2.75) is 69.5 Å². The maximum atomic E-state index is 13.3. The van der Waals surface area contributed by atoms with Gasteiger partial charge in [-0.05, 0) is 50.9 Å². The fourth-order valence-electron chi connectivity index (χ4n) is 5.18. The average Bonchev–Trinajstić information content (AvgIpc) is 3.59. The highest BCUT2D eigenvalue weighted by molar-refractivity contribution is 7.86. The number of hydrogen-bond donors (Lipinski definition) is 2. The van der Waals surface area contributed by atoms with Crippen molar-refractivity contribution in [1.29, 1.82) is 0 Å². The van der Waals surface area contributed by atoms with Gasteiger partial charge < -0.3 is 15.6 Å². The van der Waals surface area contributed by atoms with Crippen LogP contribution in [0.25, 0.3) is 0 Å². The number of hydrogen-bond acceptors (Lipinski definition) is 6. The van der Waals surface area contributed by atoms with E-state index in [-0.39, 0.29) is 35.4 Å². The molecular weight excluding hydrogens is 406 g/mol. The topological polar surface area (TPSA) is 122 Å². The van der Waals surface area contributed by atoms with Crippen molar-refractivity contribution in [1.82, 2.24) is 19.1 Å². The Bertz CT molecular complexity index is 945. The number of carbonyl (C=O) groups excluding carboxylic acids is 1. The lowest BCUT2D eigenvalue weighted by Crippen LogP contribution is -2.58. The number of aromatic nitrogens is 1. The van der Waals surface area contributed by atoms with E-state index in [1.807, 2.05) is 13.8 Å². The maximum absolute atomic E-state index is 13.3. The van der Waals surface area contributed by atoms with Crippen LogP contribution >= 0.6 is 0 Å². The van der Waals surface area contributed by atoms with Gasteiger partial charge in [0.25, 0.3) is 16.1 Å². The Kier molecular flexibility index (Phi) is 4.77. The Balaban J connectivity index is 1.19. The van der Waals surface area contributed by atoms with Crippen molar-refractivity contribution in [3.8, 4) is 0 Å². The van der Waals surface area contributed by atoms with E-state index < -0.39 is 10.2 Å². The monoisotopic (exact) mass is 437 g/mol. The molecule has 3 heterocycles. The molecule has 2 aliphatic heterocycles.